The van der Waals surface area contributed by atoms with Gasteiger partial charge in [-0.1, -0.05) is 37.3 Å². The lowest BCUT2D eigenvalue weighted by Crippen LogP contribution is -2.43. The Bertz CT molecular complexity index is 1330. The van der Waals surface area contributed by atoms with Crippen LogP contribution >= 0.6 is 35.3 Å². The molecule has 252 valence electrons. The van der Waals surface area contributed by atoms with Crippen molar-refractivity contribution < 1.29 is 34.1 Å². The van der Waals surface area contributed by atoms with E-state index in [0.29, 0.717) is 22.7 Å². The number of hydrogen-bond acceptors (Lipinski definition) is 10. The number of esters is 1. The van der Waals surface area contributed by atoms with Crippen LogP contribution in [0.5, 0.6) is 11.5 Å². The van der Waals surface area contributed by atoms with E-state index in [9.17, 15) is 29.4 Å². The van der Waals surface area contributed by atoms with E-state index in [1.165, 1.54) is 69.2 Å². The molecule has 11 heteroatoms. The normalized spacial score (nSPS) is 21.3. The minimum Gasteiger partial charge on any atom is -0.507 e. The molecule has 2 fully saturated rings. The highest BCUT2D eigenvalue weighted by Gasteiger charge is 2.33. The quantitative estimate of drug-likeness (QED) is 0.0780. The number of ether oxygens (including phenoxy) is 1. The van der Waals surface area contributed by atoms with Crippen molar-refractivity contribution in [1.82, 2.24) is 5.32 Å². The highest BCUT2D eigenvalue weighted by atomic mass is 32.2. The number of aromatic hydroxyl groups is 2. The summed E-state index contributed by atoms with van der Waals surface area (Å²) in [5.74, 6) is -0.462. The van der Waals surface area contributed by atoms with E-state index in [0.717, 1.165) is 42.9 Å². The average molecular weight is 690 g/mol. The number of benzene rings is 1. The number of fused-ring (bicyclic) bond motifs is 1. The van der Waals surface area contributed by atoms with Gasteiger partial charge in [0.2, 0.25) is 5.91 Å². The third-order valence-corrected chi connectivity index (χ3v) is 13.6. The number of methoxy groups -OCH3 is 1. The molecule has 1 aliphatic heterocycles. The maximum Gasteiger partial charge on any atom is 0.329 e. The second-order valence-corrected chi connectivity index (χ2v) is 16.8. The van der Waals surface area contributed by atoms with Crippen LogP contribution in [0.1, 0.15) is 116 Å². The second-order valence-electron chi connectivity index (χ2n) is 12.6. The molecule has 1 saturated heterocycles. The van der Waals surface area contributed by atoms with Gasteiger partial charge in [0.25, 0.3) is 0 Å². The molecule has 0 aromatic heterocycles. The molecule has 1 aromatic rings. The van der Waals surface area contributed by atoms with Gasteiger partial charge >= 0.3 is 5.97 Å². The van der Waals surface area contributed by atoms with Crippen molar-refractivity contribution in [2.45, 2.75) is 106 Å². The average Bonchev–Trinajstić information content (AvgIpc) is 3.05. The van der Waals surface area contributed by atoms with Crippen LogP contribution in [-0.2, 0) is 14.3 Å². The molecular formula is C35H47NO7S3. The number of thioether (sulfide) groups is 3. The first kappa shape index (κ1) is 36.5. The van der Waals surface area contributed by atoms with Gasteiger partial charge in [-0.3, -0.25) is 14.4 Å². The standard InChI is InChI=1S/C35H47NO7S3/c1-21(2)13-16-29(24-19-28(39)31-26(37)14-15-27(38)32(31)33(24)41)45-20-25(34(42)43-3)36-30(40)12-8-7-11-23-17-18-44-35(46-23)22-9-5-4-6-10-22/h13-15,19,22-23,25,29,35,39,41H,4-12,16-18,20H2,1-3H3,(H,36,40)/t23-,25+,29-,35?/m1/s1. The van der Waals surface area contributed by atoms with E-state index in [4.69, 9.17) is 4.74 Å². The van der Waals surface area contributed by atoms with Gasteiger partial charge in [-0.15, -0.1) is 23.5 Å². The summed E-state index contributed by atoms with van der Waals surface area (Å²) in [6.07, 6.45) is 15.7. The minimum absolute atomic E-state index is 0.142. The summed E-state index contributed by atoms with van der Waals surface area (Å²) in [5.41, 5.74) is 0.853. The molecule has 4 rings (SSSR count). The summed E-state index contributed by atoms with van der Waals surface area (Å²) in [5, 5.41) is 24.8. The topological polar surface area (TPSA) is 130 Å². The van der Waals surface area contributed by atoms with Crippen molar-refractivity contribution in [3.8, 4) is 11.5 Å². The monoisotopic (exact) mass is 689 g/mol. The Hall–Kier alpha value is -2.37. The number of phenols is 2. The number of carbonyl (C=O) groups excluding carboxylic acids is 4. The molecule has 1 saturated carbocycles. The van der Waals surface area contributed by atoms with Crippen molar-refractivity contribution in [3.05, 3.63) is 46.6 Å². The van der Waals surface area contributed by atoms with Crippen molar-refractivity contribution in [2.75, 3.05) is 18.6 Å². The number of amides is 1. The van der Waals surface area contributed by atoms with Gasteiger partial charge in [0, 0.05) is 28.2 Å². The Kier molecular flexibility index (Phi) is 14.0. The molecule has 1 heterocycles. The molecule has 0 bridgehead atoms. The van der Waals surface area contributed by atoms with Crippen LogP contribution in [0, 0.1) is 5.92 Å². The van der Waals surface area contributed by atoms with Gasteiger partial charge in [-0.2, -0.15) is 11.8 Å². The van der Waals surface area contributed by atoms with Crippen molar-refractivity contribution in [1.29, 1.82) is 0 Å². The van der Waals surface area contributed by atoms with Gasteiger partial charge in [-0.25, -0.2) is 4.79 Å². The van der Waals surface area contributed by atoms with Gasteiger partial charge in [0.15, 0.2) is 11.6 Å². The lowest BCUT2D eigenvalue weighted by Gasteiger charge is -2.35. The summed E-state index contributed by atoms with van der Waals surface area (Å²) in [7, 11) is 1.27. The van der Waals surface area contributed by atoms with Crippen molar-refractivity contribution in [3.63, 3.8) is 0 Å². The maximum absolute atomic E-state index is 12.9. The lowest BCUT2D eigenvalue weighted by atomic mass is 9.89. The molecule has 46 heavy (non-hydrogen) atoms. The van der Waals surface area contributed by atoms with Crippen LogP contribution < -0.4 is 5.32 Å². The molecule has 8 nitrogen and oxygen atoms in total. The Morgan fingerprint density at radius 2 is 1.78 bits per heavy atom. The largest absolute Gasteiger partial charge is 0.507 e. The number of hydrogen-bond donors (Lipinski definition) is 3. The second kappa shape index (κ2) is 17.7. The van der Waals surface area contributed by atoms with Gasteiger partial charge < -0.3 is 20.3 Å². The van der Waals surface area contributed by atoms with Crippen LogP contribution in [0.25, 0.3) is 0 Å². The number of nitrogens with one attached hydrogen (secondary N) is 1. The Morgan fingerprint density at radius 1 is 1.07 bits per heavy atom. The summed E-state index contributed by atoms with van der Waals surface area (Å²) in [6.45, 7) is 3.86. The Balaban J connectivity index is 1.34. The van der Waals surface area contributed by atoms with Gasteiger partial charge in [0.1, 0.15) is 17.5 Å². The summed E-state index contributed by atoms with van der Waals surface area (Å²) < 4.78 is 5.71. The Labute approximate surface area is 285 Å². The van der Waals surface area contributed by atoms with E-state index < -0.39 is 28.8 Å². The van der Waals surface area contributed by atoms with Crippen LogP contribution in [0.4, 0.5) is 0 Å². The van der Waals surface area contributed by atoms with E-state index in [2.05, 4.69) is 28.8 Å². The number of rotatable bonds is 14. The third-order valence-electron chi connectivity index (χ3n) is 8.82. The fourth-order valence-electron chi connectivity index (χ4n) is 6.28. The molecule has 3 N–H and O–H groups in total. The molecule has 4 atom stereocenters. The zero-order valence-corrected chi connectivity index (χ0v) is 29.5. The molecule has 1 amide bonds. The molecule has 1 unspecified atom stereocenters. The lowest BCUT2D eigenvalue weighted by molar-refractivity contribution is -0.144. The summed E-state index contributed by atoms with van der Waals surface area (Å²) in [6, 6.07) is 0.389. The molecular weight excluding hydrogens is 643 g/mol. The zero-order chi connectivity index (χ0) is 33.2. The fraction of sp³-hybridized carbons (Fsp3) is 0.600. The van der Waals surface area contributed by atoms with Crippen molar-refractivity contribution >= 4 is 58.7 Å². The first-order valence-electron chi connectivity index (χ1n) is 16.3. The SMILES string of the molecule is COC(=O)[C@H](CS[C@H](CC=C(C)C)c1cc(O)c2c(c1O)C(=O)C=CC2=O)NC(=O)CCCC[C@@H]1CCSC(C2CCCCC2)S1. The number of unbranched alkanes of at least 4 members (excludes halogenated alkanes) is 1. The third kappa shape index (κ3) is 9.83. The first-order valence-corrected chi connectivity index (χ1v) is 19.4. The minimum atomic E-state index is -0.918. The van der Waals surface area contributed by atoms with Crippen LogP contribution in [0.2, 0.25) is 0 Å². The zero-order valence-electron chi connectivity index (χ0n) is 27.0. The van der Waals surface area contributed by atoms with E-state index >= 15 is 0 Å². The van der Waals surface area contributed by atoms with E-state index in [-0.39, 0.29) is 39.8 Å². The highest BCUT2D eigenvalue weighted by molar-refractivity contribution is 8.17. The molecule has 0 spiro atoms. The Morgan fingerprint density at radius 3 is 2.48 bits per heavy atom. The highest BCUT2D eigenvalue weighted by Crippen LogP contribution is 2.47. The number of ketones is 2. The molecule has 2 aliphatic carbocycles. The van der Waals surface area contributed by atoms with Crippen LogP contribution in [0.15, 0.2) is 29.9 Å². The predicted octanol–water partition coefficient (Wildman–Crippen LogP) is 7.53. The molecule has 1 aromatic carbocycles. The molecule has 3 aliphatic rings. The number of carbonyl (C=O) groups is 4. The summed E-state index contributed by atoms with van der Waals surface area (Å²) >= 11 is 5.59. The fourth-order valence-corrected chi connectivity index (χ4v) is 11.4. The maximum atomic E-state index is 12.9. The van der Waals surface area contributed by atoms with Crippen LogP contribution in [-0.4, -0.2) is 68.1 Å². The molecule has 0 radical (unpaired) electrons. The number of allylic oxidation sites excluding steroid dienone is 4. The van der Waals surface area contributed by atoms with Crippen LogP contribution in [0.3, 0.4) is 0 Å². The predicted molar refractivity (Wildman–Crippen MR) is 188 cm³/mol. The van der Waals surface area contributed by atoms with E-state index in [1.54, 1.807) is 0 Å². The summed E-state index contributed by atoms with van der Waals surface area (Å²) in [4.78, 5) is 50.6. The van der Waals surface area contributed by atoms with Gasteiger partial charge in [-0.05, 0) is 82.3 Å². The smallest absolute Gasteiger partial charge is 0.329 e. The van der Waals surface area contributed by atoms with Crippen molar-refractivity contribution in [2.24, 2.45) is 5.92 Å². The number of phenolic OH excluding ortho intramolecular Hbond substituents is 2. The first-order chi connectivity index (χ1) is 22.1. The van der Waals surface area contributed by atoms with E-state index in [1.807, 2.05) is 19.9 Å². The van der Waals surface area contributed by atoms with Gasteiger partial charge in [0.05, 0.1) is 22.8 Å².